The lowest BCUT2D eigenvalue weighted by Crippen LogP contribution is -2.45. The quantitative estimate of drug-likeness (QED) is 0.556. The van der Waals surface area contributed by atoms with Gasteiger partial charge in [0.2, 0.25) is 0 Å². The van der Waals surface area contributed by atoms with Crippen molar-refractivity contribution in [2.75, 3.05) is 26.9 Å². The third-order valence-electron chi connectivity index (χ3n) is 4.56. The second kappa shape index (κ2) is 6.60. The molecule has 0 saturated carbocycles. The number of alkyl carbamates (subject to hydrolysis) is 1. The Morgan fingerprint density at radius 3 is 3.14 bits per heavy atom. The van der Waals surface area contributed by atoms with Gasteiger partial charge in [-0.15, -0.1) is 0 Å². The Kier molecular flexibility index (Phi) is 4.57. The van der Waals surface area contributed by atoms with E-state index >= 15 is 0 Å². The fourth-order valence-corrected chi connectivity index (χ4v) is 3.47. The predicted molar refractivity (Wildman–Crippen MR) is 80.6 cm³/mol. The van der Waals surface area contributed by atoms with E-state index in [2.05, 4.69) is 38.2 Å². The van der Waals surface area contributed by atoms with Gasteiger partial charge in [-0.25, -0.2) is 4.79 Å². The molecule has 6 heteroatoms. The molecule has 2 saturated heterocycles. The number of methoxy groups -OCH3 is 1. The van der Waals surface area contributed by atoms with E-state index < -0.39 is 0 Å². The minimum absolute atomic E-state index is 0.379. The Balaban J connectivity index is 1.70. The molecule has 3 unspecified atom stereocenters. The Morgan fingerprint density at radius 1 is 1.48 bits per heavy atom. The molecule has 116 valence electrons. The molecule has 0 aromatic heterocycles. The summed E-state index contributed by atoms with van der Waals surface area (Å²) in [6, 6.07) is 0.921. The highest BCUT2D eigenvalue weighted by molar-refractivity contribution is 5.69. The van der Waals surface area contributed by atoms with Gasteiger partial charge < -0.3 is 15.4 Å². The molecule has 0 radical (unpaired) electrons. The lowest BCUT2D eigenvalue weighted by Gasteiger charge is -2.38. The number of carbonyl (C=O) groups excluding carboxylic acids is 1. The fourth-order valence-electron chi connectivity index (χ4n) is 3.47. The Hall–Kier alpha value is -1.37. The summed E-state index contributed by atoms with van der Waals surface area (Å²) in [5.74, 6) is 0.471. The number of hydrogen-bond acceptors (Lipinski definition) is 5. The maximum absolute atomic E-state index is 11.4. The molecule has 1 aliphatic carbocycles. The topological polar surface area (TPSA) is 74.4 Å². The number of fused-ring (bicyclic) bond motifs is 1. The number of carbonyl (C=O) groups is 1. The maximum Gasteiger partial charge on any atom is 0.411 e. The molecule has 2 fully saturated rings. The van der Waals surface area contributed by atoms with Gasteiger partial charge in [0.1, 0.15) is 0 Å². The van der Waals surface area contributed by atoms with Crippen LogP contribution in [0.5, 0.6) is 0 Å². The normalized spacial score (nSPS) is 34.2. The van der Waals surface area contributed by atoms with Gasteiger partial charge in [0.05, 0.1) is 7.11 Å². The summed E-state index contributed by atoms with van der Waals surface area (Å²) >= 11 is 0. The number of ether oxygens (including phenoxy) is 1. The van der Waals surface area contributed by atoms with E-state index in [0.29, 0.717) is 18.0 Å². The molecule has 0 aromatic carbocycles. The van der Waals surface area contributed by atoms with Crippen molar-refractivity contribution in [3.8, 4) is 0 Å². The molecular weight excluding hydrogens is 268 g/mol. The van der Waals surface area contributed by atoms with Crippen LogP contribution in [0.2, 0.25) is 0 Å². The Bertz CT molecular complexity index is 455. The molecule has 2 heterocycles. The van der Waals surface area contributed by atoms with Gasteiger partial charge in [-0.05, 0) is 25.8 Å². The van der Waals surface area contributed by atoms with Crippen LogP contribution in [0.4, 0.5) is 4.79 Å². The molecule has 4 N–H and O–H groups in total. The van der Waals surface area contributed by atoms with Crippen LogP contribution in [0.1, 0.15) is 19.3 Å². The Labute approximate surface area is 125 Å². The molecule has 0 aromatic rings. The number of amides is 1. The summed E-state index contributed by atoms with van der Waals surface area (Å²) in [7, 11) is 1.40. The van der Waals surface area contributed by atoms with Crippen LogP contribution < -0.4 is 21.3 Å². The van der Waals surface area contributed by atoms with E-state index in [4.69, 9.17) is 0 Å². The largest absolute Gasteiger partial charge is 0.453 e. The molecule has 3 aliphatic rings. The standard InChI is InChI=1S/C15H24N4O2/c1-21-15(20)19-11-2-3-14-13(7-11)10(4-5-17-14)6-12-8-16-9-18-12/h2,6,12-14,16-18H,3-5,7-9H2,1H3,(H,19,20)/b10-6+. The number of piperidine rings is 1. The van der Waals surface area contributed by atoms with Crippen molar-refractivity contribution in [2.45, 2.75) is 31.3 Å². The van der Waals surface area contributed by atoms with Gasteiger partial charge in [-0.1, -0.05) is 17.7 Å². The molecule has 6 nitrogen and oxygen atoms in total. The first kappa shape index (κ1) is 14.6. The third-order valence-corrected chi connectivity index (χ3v) is 4.56. The van der Waals surface area contributed by atoms with E-state index in [9.17, 15) is 4.79 Å². The Morgan fingerprint density at radius 2 is 2.38 bits per heavy atom. The third kappa shape index (κ3) is 3.45. The summed E-state index contributed by atoms with van der Waals surface area (Å²) < 4.78 is 4.68. The molecule has 0 spiro atoms. The summed E-state index contributed by atoms with van der Waals surface area (Å²) in [4.78, 5) is 11.4. The molecule has 2 aliphatic heterocycles. The highest BCUT2D eigenvalue weighted by atomic mass is 16.5. The summed E-state index contributed by atoms with van der Waals surface area (Å²) in [5.41, 5.74) is 2.49. The fraction of sp³-hybridized carbons (Fsp3) is 0.667. The molecule has 3 atom stereocenters. The first-order valence-corrected chi connectivity index (χ1v) is 7.68. The van der Waals surface area contributed by atoms with E-state index in [0.717, 1.165) is 44.7 Å². The number of nitrogens with one attached hydrogen (secondary N) is 4. The molecule has 21 heavy (non-hydrogen) atoms. The zero-order valence-corrected chi connectivity index (χ0v) is 12.4. The van der Waals surface area contributed by atoms with Crippen LogP contribution in [0, 0.1) is 5.92 Å². The highest BCUT2D eigenvalue weighted by Gasteiger charge is 2.32. The van der Waals surface area contributed by atoms with Crippen LogP contribution in [0.15, 0.2) is 23.4 Å². The summed E-state index contributed by atoms with van der Waals surface area (Å²) in [6.45, 7) is 2.92. The number of rotatable bonds is 2. The summed E-state index contributed by atoms with van der Waals surface area (Å²) in [5, 5.41) is 13.2. The lowest BCUT2D eigenvalue weighted by atomic mass is 9.77. The number of hydrogen-bond donors (Lipinski definition) is 4. The monoisotopic (exact) mass is 292 g/mol. The van der Waals surface area contributed by atoms with Crippen LogP contribution in [-0.2, 0) is 4.74 Å². The zero-order chi connectivity index (χ0) is 14.7. The second-order valence-electron chi connectivity index (χ2n) is 5.89. The van der Waals surface area contributed by atoms with Crippen molar-refractivity contribution in [1.82, 2.24) is 21.3 Å². The zero-order valence-electron chi connectivity index (χ0n) is 12.4. The van der Waals surface area contributed by atoms with Gasteiger partial charge >= 0.3 is 6.09 Å². The minimum Gasteiger partial charge on any atom is -0.453 e. The molecule has 3 rings (SSSR count). The highest BCUT2D eigenvalue weighted by Crippen LogP contribution is 2.34. The SMILES string of the molecule is COC(=O)NC1=CCC2NCC/C(=C\C3CNCN3)C2C1. The van der Waals surface area contributed by atoms with Crippen molar-refractivity contribution >= 4 is 6.09 Å². The van der Waals surface area contributed by atoms with Crippen molar-refractivity contribution in [3.63, 3.8) is 0 Å². The summed E-state index contributed by atoms with van der Waals surface area (Å²) in [6.07, 6.45) is 7.04. The van der Waals surface area contributed by atoms with Crippen molar-refractivity contribution in [3.05, 3.63) is 23.4 Å². The second-order valence-corrected chi connectivity index (χ2v) is 5.89. The first-order valence-electron chi connectivity index (χ1n) is 7.68. The van der Waals surface area contributed by atoms with E-state index in [1.165, 1.54) is 12.7 Å². The van der Waals surface area contributed by atoms with Gasteiger partial charge in [0.15, 0.2) is 0 Å². The van der Waals surface area contributed by atoms with E-state index in [-0.39, 0.29) is 6.09 Å². The predicted octanol–water partition coefficient (Wildman–Crippen LogP) is 0.444. The van der Waals surface area contributed by atoms with Crippen LogP contribution in [-0.4, -0.2) is 45.0 Å². The average molecular weight is 292 g/mol. The van der Waals surface area contributed by atoms with Gasteiger partial charge in [0.25, 0.3) is 0 Å². The van der Waals surface area contributed by atoms with Crippen molar-refractivity contribution in [1.29, 1.82) is 0 Å². The van der Waals surface area contributed by atoms with Gasteiger partial charge in [-0.3, -0.25) is 10.6 Å². The smallest absolute Gasteiger partial charge is 0.411 e. The number of allylic oxidation sites excluding steroid dienone is 1. The molecular formula is C15H24N4O2. The van der Waals surface area contributed by atoms with Crippen molar-refractivity contribution < 1.29 is 9.53 Å². The van der Waals surface area contributed by atoms with Crippen LogP contribution in [0.25, 0.3) is 0 Å². The average Bonchev–Trinajstić information content (AvgIpc) is 3.01. The molecule has 1 amide bonds. The first-order chi connectivity index (χ1) is 10.3. The van der Waals surface area contributed by atoms with E-state index in [1.54, 1.807) is 0 Å². The van der Waals surface area contributed by atoms with Crippen molar-refractivity contribution in [2.24, 2.45) is 5.92 Å². The van der Waals surface area contributed by atoms with Gasteiger partial charge in [-0.2, -0.15) is 0 Å². The van der Waals surface area contributed by atoms with Gasteiger partial charge in [0, 0.05) is 36.9 Å². The maximum atomic E-state index is 11.4. The molecule has 0 bridgehead atoms. The minimum atomic E-state index is -0.379. The lowest BCUT2D eigenvalue weighted by molar-refractivity contribution is 0.172. The van der Waals surface area contributed by atoms with Crippen LogP contribution >= 0.6 is 0 Å². The van der Waals surface area contributed by atoms with Crippen LogP contribution in [0.3, 0.4) is 0 Å². The van der Waals surface area contributed by atoms with E-state index in [1.807, 2.05) is 0 Å².